The smallest absolute Gasteiger partial charge is 0.410 e. The van der Waals surface area contributed by atoms with Gasteiger partial charge in [0.15, 0.2) is 5.82 Å². The van der Waals surface area contributed by atoms with E-state index in [1.165, 1.54) is 0 Å². The van der Waals surface area contributed by atoms with Crippen LogP contribution in [0, 0.1) is 25.5 Å². The number of amides is 1. The molecule has 1 atom stereocenters. The Morgan fingerprint density at radius 2 is 1.79 bits per heavy atom. The van der Waals surface area contributed by atoms with Gasteiger partial charge in [-0.05, 0) is 76.9 Å². The minimum Gasteiger partial charge on any atom is -0.444 e. The summed E-state index contributed by atoms with van der Waals surface area (Å²) in [5, 5.41) is 15.9. The number of aromatic nitrogens is 4. The number of anilines is 2. The number of hydrogen-bond acceptors (Lipinski definition) is 5. The van der Waals surface area contributed by atoms with Gasteiger partial charge >= 0.3 is 6.09 Å². The van der Waals surface area contributed by atoms with E-state index in [2.05, 4.69) is 20.7 Å². The Bertz CT molecular complexity index is 1690. The van der Waals surface area contributed by atoms with E-state index in [9.17, 15) is 9.18 Å². The van der Waals surface area contributed by atoms with Crippen LogP contribution >= 0.6 is 0 Å². The van der Waals surface area contributed by atoms with Crippen molar-refractivity contribution in [3.63, 3.8) is 0 Å². The lowest BCUT2D eigenvalue weighted by Crippen LogP contribution is -2.42. The fraction of sp³-hybridized carbons (Fsp3) is 0.400. The molecule has 0 fully saturated rings. The highest BCUT2D eigenvalue weighted by molar-refractivity contribution is 6.04. The molecule has 1 aliphatic rings. The molecule has 1 aliphatic heterocycles. The molecule has 42 heavy (non-hydrogen) atoms. The Kier molecular flexibility index (Phi) is 7.42. The largest absolute Gasteiger partial charge is 0.444 e. The zero-order valence-electron chi connectivity index (χ0n) is 25.1. The van der Waals surface area contributed by atoms with Gasteiger partial charge in [-0.25, -0.2) is 18.3 Å². The molecule has 12 heteroatoms. The standard InChI is InChI=1S/C30H36F2N8O2/c1-16-13-19(14-17(2)25(16)31)40-27(24-18(3)39(12-11-22(24)37-40)29(41)42-30(4,5)6)35-28(33-7)34-23-10-9-21-20(26(23)32)15-38(8)36-21/h9-10,13-15,18H,11-12H2,1-8H3,(H2,33,34,35)/t18-/m0/s1. The van der Waals surface area contributed by atoms with Gasteiger partial charge in [0, 0.05) is 38.8 Å². The third-order valence-corrected chi connectivity index (χ3v) is 7.22. The van der Waals surface area contributed by atoms with E-state index in [0.717, 1.165) is 11.3 Å². The van der Waals surface area contributed by atoms with Crippen molar-refractivity contribution < 1.29 is 18.3 Å². The van der Waals surface area contributed by atoms with E-state index < -0.39 is 23.6 Å². The van der Waals surface area contributed by atoms with Crippen molar-refractivity contribution in [1.82, 2.24) is 24.5 Å². The molecule has 1 amide bonds. The monoisotopic (exact) mass is 578 g/mol. The zero-order chi connectivity index (χ0) is 30.5. The number of benzene rings is 2. The summed E-state index contributed by atoms with van der Waals surface area (Å²) in [7, 11) is 3.31. The number of carbonyl (C=O) groups is 1. The van der Waals surface area contributed by atoms with Crippen LogP contribution in [0.25, 0.3) is 16.6 Å². The summed E-state index contributed by atoms with van der Waals surface area (Å²) in [5.41, 5.74) is 3.22. The van der Waals surface area contributed by atoms with Gasteiger partial charge in [-0.1, -0.05) is 0 Å². The Morgan fingerprint density at radius 1 is 1.10 bits per heavy atom. The highest BCUT2D eigenvalue weighted by Gasteiger charge is 2.36. The van der Waals surface area contributed by atoms with Crippen molar-refractivity contribution >= 4 is 34.5 Å². The van der Waals surface area contributed by atoms with Crippen LogP contribution in [0.2, 0.25) is 0 Å². The Balaban J connectivity index is 1.58. The molecule has 2 N–H and O–H groups in total. The van der Waals surface area contributed by atoms with Crippen LogP contribution in [-0.2, 0) is 18.2 Å². The molecule has 0 saturated carbocycles. The first-order valence-electron chi connectivity index (χ1n) is 13.8. The molecule has 2 aromatic heterocycles. The first kappa shape index (κ1) is 29.0. The number of aliphatic imine (C=N–C) groups is 1. The summed E-state index contributed by atoms with van der Waals surface area (Å²) in [6.45, 7) is 11.2. The van der Waals surface area contributed by atoms with Gasteiger partial charge in [0.1, 0.15) is 17.2 Å². The lowest BCUT2D eigenvalue weighted by molar-refractivity contribution is 0.0160. The first-order valence-corrected chi connectivity index (χ1v) is 13.8. The summed E-state index contributed by atoms with van der Waals surface area (Å²) < 4.78 is 38.9. The fourth-order valence-corrected chi connectivity index (χ4v) is 5.25. The highest BCUT2D eigenvalue weighted by atomic mass is 19.1. The van der Waals surface area contributed by atoms with Crippen LogP contribution in [0.5, 0.6) is 0 Å². The predicted molar refractivity (Wildman–Crippen MR) is 159 cm³/mol. The minimum atomic E-state index is -0.656. The molecule has 2 aromatic carbocycles. The molecule has 5 rings (SSSR count). The van der Waals surface area contributed by atoms with Crippen molar-refractivity contribution in [3.05, 3.63) is 64.5 Å². The fourth-order valence-electron chi connectivity index (χ4n) is 5.25. The van der Waals surface area contributed by atoms with E-state index in [1.54, 1.807) is 72.7 Å². The SMILES string of the molecule is CN=C(Nc1ccc2nn(C)cc2c1F)Nc1c2c(nn1-c1cc(C)c(F)c(C)c1)CCN(C(=O)OC(C)(C)C)[C@H]2C. The quantitative estimate of drug-likeness (QED) is 0.228. The number of ether oxygens (including phenoxy) is 1. The van der Waals surface area contributed by atoms with Gasteiger partial charge < -0.3 is 20.3 Å². The van der Waals surface area contributed by atoms with Crippen LogP contribution in [0.4, 0.5) is 25.1 Å². The molecule has 0 spiro atoms. The number of aryl methyl sites for hydroxylation is 3. The summed E-state index contributed by atoms with van der Waals surface area (Å²) in [6.07, 6.45) is 1.67. The lowest BCUT2D eigenvalue weighted by atomic mass is 10.00. The maximum atomic E-state index is 15.4. The molecule has 0 aliphatic carbocycles. The molecule has 3 heterocycles. The van der Waals surface area contributed by atoms with Crippen molar-refractivity contribution in [1.29, 1.82) is 0 Å². The second kappa shape index (κ2) is 10.7. The molecule has 0 saturated heterocycles. The average Bonchev–Trinajstić information content (AvgIpc) is 3.48. The van der Waals surface area contributed by atoms with E-state index >= 15 is 4.39 Å². The van der Waals surface area contributed by atoms with Crippen molar-refractivity contribution in [2.24, 2.45) is 12.0 Å². The Morgan fingerprint density at radius 3 is 2.43 bits per heavy atom. The number of nitrogens with one attached hydrogen (secondary N) is 2. The molecule has 0 radical (unpaired) electrons. The van der Waals surface area contributed by atoms with Crippen LogP contribution in [0.15, 0.2) is 35.5 Å². The molecule has 222 valence electrons. The topological polar surface area (TPSA) is 102 Å². The van der Waals surface area contributed by atoms with Gasteiger partial charge in [-0.15, -0.1) is 0 Å². The number of guanidine groups is 1. The number of halogens is 2. The van der Waals surface area contributed by atoms with E-state index in [-0.39, 0.29) is 17.5 Å². The molecule has 0 bridgehead atoms. The van der Waals surface area contributed by atoms with Gasteiger partial charge in [0.2, 0.25) is 5.96 Å². The predicted octanol–water partition coefficient (Wildman–Crippen LogP) is 6.02. The molecule has 10 nitrogen and oxygen atoms in total. The summed E-state index contributed by atoms with van der Waals surface area (Å²) in [5.74, 6) is 0.0205. The summed E-state index contributed by atoms with van der Waals surface area (Å²) >= 11 is 0. The Hall–Kier alpha value is -4.48. The number of nitrogens with zero attached hydrogens (tertiary/aromatic N) is 6. The normalized spacial score (nSPS) is 15.6. The number of hydrogen-bond donors (Lipinski definition) is 2. The van der Waals surface area contributed by atoms with Crippen molar-refractivity contribution in [3.8, 4) is 5.69 Å². The second-order valence-corrected chi connectivity index (χ2v) is 11.6. The maximum absolute atomic E-state index is 15.4. The van der Waals surface area contributed by atoms with Gasteiger partial charge in [0.25, 0.3) is 0 Å². The lowest BCUT2D eigenvalue weighted by Gasteiger charge is -2.35. The van der Waals surface area contributed by atoms with Crippen molar-refractivity contribution in [2.45, 2.75) is 59.6 Å². The second-order valence-electron chi connectivity index (χ2n) is 11.6. The third-order valence-electron chi connectivity index (χ3n) is 7.22. The van der Waals surface area contributed by atoms with E-state index in [0.29, 0.717) is 46.5 Å². The Labute approximate surface area is 243 Å². The molecule has 4 aromatic rings. The average molecular weight is 579 g/mol. The summed E-state index contributed by atoms with van der Waals surface area (Å²) in [4.78, 5) is 19.2. The first-order chi connectivity index (χ1) is 19.8. The third kappa shape index (κ3) is 5.40. The van der Waals surface area contributed by atoms with Crippen LogP contribution < -0.4 is 10.6 Å². The van der Waals surface area contributed by atoms with Gasteiger partial charge in [0.05, 0.1) is 34.0 Å². The van der Waals surface area contributed by atoms with Crippen LogP contribution in [0.1, 0.15) is 56.1 Å². The van der Waals surface area contributed by atoms with Gasteiger partial charge in [-0.2, -0.15) is 10.2 Å². The molecular formula is C30H36F2N8O2. The zero-order valence-corrected chi connectivity index (χ0v) is 25.1. The number of rotatable bonds is 3. The minimum absolute atomic E-state index is 0.209. The molecular weight excluding hydrogens is 542 g/mol. The summed E-state index contributed by atoms with van der Waals surface area (Å²) in [6, 6.07) is 6.35. The van der Waals surface area contributed by atoms with Crippen LogP contribution in [-0.4, -0.2) is 55.7 Å². The highest BCUT2D eigenvalue weighted by Crippen LogP contribution is 2.38. The van der Waals surface area contributed by atoms with E-state index in [1.807, 2.05) is 27.7 Å². The maximum Gasteiger partial charge on any atom is 0.410 e. The van der Waals surface area contributed by atoms with Crippen LogP contribution in [0.3, 0.4) is 0 Å². The number of fused-ring (bicyclic) bond motifs is 2. The van der Waals surface area contributed by atoms with Gasteiger partial charge in [-0.3, -0.25) is 9.67 Å². The van der Waals surface area contributed by atoms with E-state index in [4.69, 9.17) is 9.84 Å². The number of carbonyl (C=O) groups excluding carboxylic acids is 1. The molecule has 0 unspecified atom stereocenters. The van der Waals surface area contributed by atoms with Crippen molar-refractivity contribution in [2.75, 3.05) is 24.2 Å².